The summed E-state index contributed by atoms with van der Waals surface area (Å²) >= 11 is 5.22. The molecule has 0 saturated carbocycles. The van der Waals surface area contributed by atoms with Crippen molar-refractivity contribution in [2.24, 2.45) is 4.99 Å². The summed E-state index contributed by atoms with van der Waals surface area (Å²) in [6, 6.07) is 10.7. The molecule has 1 aliphatic rings. The van der Waals surface area contributed by atoms with Crippen LogP contribution in [0.25, 0.3) is 0 Å². The summed E-state index contributed by atoms with van der Waals surface area (Å²) in [6.45, 7) is 2.72. The fourth-order valence-corrected chi connectivity index (χ4v) is 4.38. The molecule has 1 aliphatic heterocycles. The predicted molar refractivity (Wildman–Crippen MR) is 109 cm³/mol. The van der Waals surface area contributed by atoms with E-state index in [2.05, 4.69) is 60.0 Å². The molecule has 0 aliphatic carbocycles. The first-order valence-corrected chi connectivity index (χ1v) is 9.95. The third-order valence-corrected chi connectivity index (χ3v) is 5.93. The van der Waals surface area contributed by atoms with Crippen LogP contribution in [0.3, 0.4) is 0 Å². The summed E-state index contributed by atoms with van der Waals surface area (Å²) in [7, 11) is 3.53. The second kappa shape index (κ2) is 8.58. The number of hydrogen-bond acceptors (Lipinski definition) is 4. The average Bonchev–Trinajstić information content (AvgIpc) is 3.27. The van der Waals surface area contributed by atoms with Crippen LogP contribution in [0.5, 0.6) is 5.75 Å². The van der Waals surface area contributed by atoms with Crippen LogP contribution >= 0.6 is 27.3 Å². The van der Waals surface area contributed by atoms with Gasteiger partial charge < -0.3 is 20.3 Å². The van der Waals surface area contributed by atoms with Gasteiger partial charge in [0, 0.05) is 40.9 Å². The molecule has 2 heterocycles. The van der Waals surface area contributed by atoms with Gasteiger partial charge in [-0.1, -0.05) is 12.1 Å². The Hall–Kier alpha value is -1.73. The zero-order valence-corrected chi connectivity index (χ0v) is 16.9. The molecule has 25 heavy (non-hydrogen) atoms. The Morgan fingerprint density at radius 2 is 2.28 bits per heavy atom. The van der Waals surface area contributed by atoms with Crippen molar-refractivity contribution in [3.05, 3.63) is 45.1 Å². The van der Waals surface area contributed by atoms with E-state index in [4.69, 9.17) is 4.74 Å². The quantitative estimate of drug-likeness (QED) is 0.571. The Kier molecular flexibility index (Phi) is 6.20. The summed E-state index contributed by atoms with van der Waals surface area (Å²) in [5, 5.41) is 9.01. The summed E-state index contributed by atoms with van der Waals surface area (Å²) < 4.78 is 6.61. The molecule has 0 radical (unpaired) electrons. The molecule has 1 unspecified atom stereocenters. The topological polar surface area (TPSA) is 48.9 Å². The van der Waals surface area contributed by atoms with Crippen molar-refractivity contribution in [1.82, 2.24) is 10.6 Å². The highest BCUT2D eigenvalue weighted by atomic mass is 79.9. The number of para-hydroxylation sites is 2. The van der Waals surface area contributed by atoms with Crippen LogP contribution in [-0.4, -0.2) is 39.2 Å². The number of nitrogens with zero attached hydrogens (tertiary/aromatic N) is 2. The minimum absolute atomic E-state index is 0.367. The van der Waals surface area contributed by atoms with Crippen molar-refractivity contribution in [3.8, 4) is 5.75 Å². The Balaban J connectivity index is 1.54. The molecule has 1 fully saturated rings. The number of halogens is 1. The molecule has 1 aromatic carbocycles. The summed E-state index contributed by atoms with van der Waals surface area (Å²) in [6.07, 6.45) is 1.07. The van der Waals surface area contributed by atoms with Crippen LogP contribution in [0.4, 0.5) is 5.69 Å². The van der Waals surface area contributed by atoms with Gasteiger partial charge in [-0.3, -0.25) is 4.99 Å². The number of benzene rings is 1. The van der Waals surface area contributed by atoms with Crippen molar-refractivity contribution >= 4 is 38.9 Å². The molecule has 134 valence electrons. The van der Waals surface area contributed by atoms with Gasteiger partial charge in [-0.25, -0.2) is 0 Å². The van der Waals surface area contributed by atoms with Crippen molar-refractivity contribution in [2.75, 3.05) is 32.1 Å². The van der Waals surface area contributed by atoms with E-state index in [0.717, 1.165) is 47.9 Å². The smallest absolute Gasteiger partial charge is 0.191 e. The van der Waals surface area contributed by atoms with Gasteiger partial charge in [-0.05, 0) is 40.5 Å². The molecule has 2 N–H and O–H groups in total. The van der Waals surface area contributed by atoms with Crippen LogP contribution in [-0.2, 0) is 6.54 Å². The number of anilines is 1. The maximum Gasteiger partial charge on any atom is 0.191 e. The normalized spacial score (nSPS) is 17.6. The minimum Gasteiger partial charge on any atom is -0.495 e. The maximum atomic E-state index is 5.48. The molecule has 1 atom stereocenters. The van der Waals surface area contributed by atoms with Gasteiger partial charge in [0.15, 0.2) is 5.96 Å². The van der Waals surface area contributed by atoms with Crippen molar-refractivity contribution in [2.45, 2.75) is 19.0 Å². The van der Waals surface area contributed by atoms with Gasteiger partial charge in [-0.15, -0.1) is 11.3 Å². The highest BCUT2D eigenvalue weighted by molar-refractivity contribution is 9.10. The monoisotopic (exact) mass is 422 g/mol. The van der Waals surface area contributed by atoms with Crippen LogP contribution in [0.15, 0.2) is 45.2 Å². The van der Waals surface area contributed by atoms with Gasteiger partial charge in [-0.2, -0.15) is 0 Å². The average molecular weight is 423 g/mol. The third-order valence-electron chi connectivity index (χ3n) is 4.23. The van der Waals surface area contributed by atoms with E-state index in [1.807, 2.05) is 19.2 Å². The summed E-state index contributed by atoms with van der Waals surface area (Å²) in [4.78, 5) is 7.99. The summed E-state index contributed by atoms with van der Waals surface area (Å²) in [5.41, 5.74) is 1.15. The van der Waals surface area contributed by atoms with Crippen LogP contribution < -0.4 is 20.3 Å². The van der Waals surface area contributed by atoms with E-state index in [9.17, 15) is 0 Å². The number of guanidine groups is 1. The lowest BCUT2D eigenvalue weighted by molar-refractivity contribution is 0.415. The maximum absolute atomic E-state index is 5.48. The molecule has 1 aromatic heterocycles. The number of ether oxygens (including phenoxy) is 1. The molecule has 7 heteroatoms. The van der Waals surface area contributed by atoms with Crippen LogP contribution in [0, 0.1) is 0 Å². The zero-order chi connectivity index (χ0) is 17.6. The van der Waals surface area contributed by atoms with Gasteiger partial charge in [0.25, 0.3) is 0 Å². The van der Waals surface area contributed by atoms with E-state index < -0.39 is 0 Å². The van der Waals surface area contributed by atoms with Gasteiger partial charge in [0.1, 0.15) is 5.75 Å². The lowest BCUT2D eigenvalue weighted by atomic mass is 10.2. The highest BCUT2D eigenvalue weighted by Gasteiger charge is 2.25. The Morgan fingerprint density at radius 3 is 3.00 bits per heavy atom. The molecule has 0 bridgehead atoms. The van der Waals surface area contributed by atoms with Crippen molar-refractivity contribution in [1.29, 1.82) is 0 Å². The standard InChI is InChI=1S/C18H23BrN4OS/c1-20-18(21-10-15-9-13(19)12-25-15)22-14-7-8-23(11-14)16-5-3-4-6-17(16)24-2/h3-6,9,12,14H,7-8,10-11H2,1-2H3,(H2,20,21,22). The van der Waals surface area contributed by atoms with Crippen molar-refractivity contribution < 1.29 is 4.74 Å². The summed E-state index contributed by atoms with van der Waals surface area (Å²) in [5.74, 6) is 1.77. The first-order chi connectivity index (χ1) is 12.2. The number of methoxy groups -OCH3 is 1. The zero-order valence-electron chi connectivity index (χ0n) is 14.5. The molecular formula is C18H23BrN4OS. The third kappa shape index (κ3) is 4.67. The lowest BCUT2D eigenvalue weighted by Gasteiger charge is -2.22. The highest BCUT2D eigenvalue weighted by Crippen LogP contribution is 2.30. The van der Waals surface area contributed by atoms with Gasteiger partial charge >= 0.3 is 0 Å². The molecule has 2 aromatic rings. The van der Waals surface area contributed by atoms with E-state index in [0.29, 0.717) is 6.04 Å². The Morgan fingerprint density at radius 1 is 1.44 bits per heavy atom. The van der Waals surface area contributed by atoms with E-state index in [1.54, 1.807) is 18.4 Å². The molecule has 0 amide bonds. The number of rotatable bonds is 5. The van der Waals surface area contributed by atoms with Crippen molar-refractivity contribution in [3.63, 3.8) is 0 Å². The van der Waals surface area contributed by atoms with Gasteiger partial charge in [0.05, 0.1) is 19.3 Å². The molecule has 0 spiro atoms. The number of thiophene rings is 1. The molecule has 3 rings (SSSR count). The Bertz CT molecular complexity index is 733. The minimum atomic E-state index is 0.367. The van der Waals surface area contributed by atoms with Gasteiger partial charge in [0.2, 0.25) is 0 Å². The lowest BCUT2D eigenvalue weighted by Crippen LogP contribution is -2.44. The van der Waals surface area contributed by atoms with Crippen LogP contribution in [0.2, 0.25) is 0 Å². The fraction of sp³-hybridized carbons (Fsp3) is 0.389. The number of nitrogens with one attached hydrogen (secondary N) is 2. The van der Waals surface area contributed by atoms with E-state index in [1.165, 1.54) is 4.88 Å². The fourth-order valence-electron chi connectivity index (χ4n) is 2.99. The second-order valence-corrected chi connectivity index (χ2v) is 7.82. The molecule has 5 nitrogen and oxygen atoms in total. The van der Waals surface area contributed by atoms with E-state index >= 15 is 0 Å². The molecular weight excluding hydrogens is 400 g/mol. The molecule has 1 saturated heterocycles. The number of aliphatic imine (C=N–C) groups is 1. The first-order valence-electron chi connectivity index (χ1n) is 8.27. The number of hydrogen-bond donors (Lipinski definition) is 2. The predicted octanol–water partition coefficient (Wildman–Crippen LogP) is 3.46. The Labute approximate surface area is 161 Å². The van der Waals surface area contributed by atoms with Crippen LogP contribution in [0.1, 0.15) is 11.3 Å². The van der Waals surface area contributed by atoms with E-state index in [-0.39, 0.29) is 0 Å². The first kappa shape index (κ1) is 18.1. The second-order valence-electron chi connectivity index (χ2n) is 5.90. The SMILES string of the molecule is CN=C(NCc1cc(Br)cs1)NC1CCN(c2ccccc2OC)C1. The largest absolute Gasteiger partial charge is 0.495 e.